The van der Waals surface area contributed by atoms with Crippen molar-refractivity contribution in [3.63, 3.8) is 0 Å². The summed E-state index contributed by atoms with van der Waals surface area (Å²) in [6.45, 7) is 6.79. The molecule has 4 aliphatic rings. The SMILES string of the molecule is CCC(C)(C(=O)OC12CC3CC(C)(CC(C)(C3)C1)C2)C(F)(F)F. The molecule has 23 heavy (non-hydrogen) atoms. The highest BCUT2D eigenvalue weighted by atomic mass is 19.4. The molecule has 0 radical (unpaired) electrons. The Kier molecular flexibility index (Phi) is 3.47. The summed E-state index contributed by atoms with van der Waals surface area (Å²) in [5, 5.41) is 0. The number of hydrogen-bond acceptors (Lipinski definition) is 2. The number of esters is 1. The molecule has 5 heteroatoms. The van der Waals surface area contributed by atoms with Crippen molar-refractivity contribution >= 4 is 5.97 Å². The number of alkyl halides is 3. The van der Waals surface area contributed by atoms with Crippen molar-refractivity contribution in [1.82, 2.24) is 0 Å². The van der Waals surface area contributed by atoms with Crippen LogP contribution in [0.4, 0.5) is 13.2 Å². The molecule has 0 spiro atoms. The predicted molar refractivity (Wildman–Crippen MR) is 80.7 cm³/mol. The molecule has 3 atom stereocenters. The van der Waals surface area contributed by atoms with Gasteiger partial charge in [0.1, 0.15) is 5.60 Å². The molecule has 0 amide bonds. The third kappa shape index (κ3) is 2.58. The fraction of sp³-hybridized carbons (Fsp3) is 0.944. The van der Waals surface area contributed by atoms with Crippen molar-refractivity contribution in [2.75, 3.05) is 0 Å². The lowest BCUT2D eigenvalue weighted by Gasteiger charge is -2.64. The van der Waals surface area contributed by atoms with Crippen LogP contribution in [0.1, 0.15) is 72.6 Å². The molecular formula is C18H27F3O2. The van der Waals surface area contributed by atoms with Crippen LogP contribution in [-0.4, -0.2) is 17.7 Å². The van der Waals surface area contributed by atoms with Crippen molar-refractivity contribution < 1.29 is 22.7 Å². The van der Waals surface area contributed by atoms with Crippen LogP contribution < -0.4 is 0 Å². The lowest BCUT2D eigenvalue weighted by Crippen LogP contribution is -2.61. The fourth-order valence-corrected chi connectivity index (χ4v) is 6.23. The Labute approximate surface area is 136 Å². The maximum absolute atomic E-state index is 13.4. The Bertz CT molecular complexity index is 509. The van der Waals surface area contributed by atoms with Crippen molar-refractivity contribution in [2.45, 2.75) is 84.4 Å². The van der Waals surface area contributed by atoms with E-state index in [0.29, 0.717) is 5.92 Å². The first-order valence-electron chi connectivity index (χ1n) is 8.65. The second-order valence-corrected chi connectivity index (χ2v) is 9.39. The van der Waals surface area contributed by atoms with Crippen LogP contribution in [0.3, 0.4) is 0 Å². The van der Waals surface area contributed by atoms with Gasteiger partial charge in [0.2, 0.25) is 0 Å². The zero-order valence-electron chi connectivity index (χ0n) is 14.5. The van der Waals surface area contributed by atoms with Gasteiger partial charge in [-0.05, 0) is 68.6 Å². The highest BCUT2D eigenvalue weighted by Crippen LogP contribution is 2.67. The third-order valence-corrected chi connectivity index (χ3v) is 6.67. The van der Waals surface area contributed by atoms with Crippen molar-refractivity contribution in [3.05, 3.63) is 0 Å². The Balaban J connectivity index is 1.87. The first-order valence-corrected chi connectivity index (χ1v) is 8.65. The summed E-state index contributed by atoms with van der Waals surface area (Å²) in [7, 11) is 0. The van der Waals surface area contributed by atoms with Crippen LogP contribution >= 0.6 is 0 Å². The largest absolute Gasteiger partial charge is 0.458 e. The van der Waals surface area contributed by atoms with Crippen LogP contribution in [0, 0.1) is 22.2 Å². The lowest BCUT2D eigenvalue weighted by atomic mass is 9.43. The lowest BCUT2D eigenvalue weighted by molar-refractivity contribution is -0.256. The molecule has 4 saturated carbocycles. The summed E-state index contributed by atoms with van der Waals surface area (Å²) >= 11 is 0. The topological polar surface area (TPSA) is 26.3 Å². The van der Waals surface area contributed by atoms with Gasteiger partial charge in [-0.3, -0.25) is 4.79 Å². The fourth-order valence-electron chi connectivity index (χ4n) is 6.23. The number of hydrogen-bond donors (Lipinski definition) is 0. The Hall–Kier alpha value is -0.740. The molecule has 0 aromatic rings. The summed E-state index contributed by atoms with van der Waals surface area (Å²) in [4.78, 5) is 12.5. The molecule has 4 aliphatic carbocycles. The van der Waals surface area contributed by atoms with Crippen LogP contribution in [0.2, 0.25) is 0 Å². The first-order chi connectivity index (χ1) is 10.3. The van der Waals surface area contributed by atoms with Gasteiger partial charge >= 0.3 is 12.1 Å². The van der Waals surface area contributed by atoms with E-state index < -0.39 is 23.2 Å². The average Bonchev–Trinajstić information content (AvgIpc) is 2.30. The summed E-state index contributed by atoms with van der Waals surface area (Å²) in [5.41, 5.74) is -2.87. The number of carbonyl (C=O) groups is 1. The minimum Gasteiger partial charge on any atom is -0.458 e. The minimum atomic E-state index is -4.57. The Morgan fingerprint density at radius 3 is 2.00 bits per heavy atom. The van der Waals surface area contributed by atoms with Gasteiger partial charge in [-0.25, -0.2) is 0 Å². The molecule has 4 rings (SSSR count). The van der Waals surface area contributed by atoms with Crippen LogP contribution in [0.25, 0.3) is 0 Å². The van der Waals surface area contributed by atoms with Gasteiger partial charge in [0.05, 0.1) is 0 Å². The molecule has 132 valence electrons. The van der Waals surface area contributed by atoms with Crippen molar-refractivity contribution in [1.29, 1.82) is 0 Å². The standard InChI is InChI=1S/C18H27F3O2/c1-5-16(4,18(19,20)21)13(22)23-17-8-12-6-14(2,10-17)9-15(3,7-12)11-17/h12H,5-11H2,1-4H3. The molecule has 0 N–H and O–H groups in total. The van der Waals surface area contributed by atoms with Gasteiger partial charge in [0.15, 0.2) is 5.41 Å². The summed E-state index contributed by atoms with van der Waals surface area (Å²) in [6.07, 6.45) is 0.642. The van der Waals surface area contributed by atoms with Gasteiger partial charge in [-0.1, -0.05) is 20.8 Å². The molecular weight excluding hydrogens is 305 g/mol. The van der Waals surface area contributed by atoms with Gasteiger partial charge in [-0.2, -0.15) is 13.2 Å². The van der Waals surface area contributed by atoms with Crippen molar-refractivity contribution in [2.24, 2.45) is 22.2 Å². The monoisotopic (exact) mass is 332 g/mol. The van der Waals surface area contributed by atoms with E-state index in [4.69, 9.17) is 4.74 Å². The van der Waals surface area contributed by atoms with E-state index in [1.54, 1.807) is 0 Å². The van der Waals surface area contributed by atoms with E-state index in [1.165, 1.54) is 6.92 Å². The van der Waals surface area contributed by atoms with Gasteiger partial charge in [0.25, 0.3) is 0 Å². The second-order valence-electron chi connectivity index (χ2n) is 9.39. The Morgan fingerprint density at radius 2 is 1.61 bits per heavy atom. The molecule has 3 unspecified atom stereocenters. The van der Waals surface area contributed by atoms with Gasteiger partial charge in [-0.15, -0.1) is 0 Å². The Morgan fingerprint density at radius 1 is 1.09 bits per heavy atom. The zero-order chi connectivity index (χ0) is 17.3. The highest BCUT2D eigenvalue weighted by molar-refractivity contribution is 5.78. The van der Waals surface area contributed by atoms with E-state index in [2.05, 4.69) is 13.8 Å². The summed E-state index contributed by atoms with van der Waals surface area (Å²) in [6, 6.07) is 0. The molecule has 4 bridgehead atoms. The quantitative estimate of drug-likeness (QED) is 0.659. The van der Waals surface area contributed by atoms with E-state index in [0.717, 1.165) is 45.4 Å². The number of rotatable bonds is 3. The van der Waals surface area contributed by atoms with Gasteiger partial charge in [0, 0.05) is 0 Å². The maximum Gasteiger partial charge on any atom is 0.404 e. The molecule has 0 aliphatic heterocycles. The second kappa shape index (κ2) is 4.66. The minimum absolute atomic E-state index is 0.106. The van der Waals surface area contributed by atoms with Crippen LogP contribution in [0.5, 0.6) is 0 Å². The number of ether oxygens (including phenoxy) is 1. The van der Waals surface area contributed by atoms with Crippen LogP contribution in [-0.2, 0) is 9.53 Å². The molecule has 0 saturated heterocycles. The maximum atomic E-state index is 13.4. The first kappa shape index (κ1) is 17.1. The number of halogens is 3. The van der Waals surface area contributed by atoms with Gasteiger partial charge < -0.3 is 4.74 Å². The van der Waals surface area contributed by atoms with E-state index in [9.17, 15) is 18.0 Å². The van der Waals surface area contributed by atoms with E-state index in [1.807, 2.05) is 0 Å². The zero-order valence-corrected chi connectivity index (χ0v) is 14.5. The normalized spacial score (nSPS) is 44.9. The molecule has 4 fully saturated rings. The summed E-state index contributed by atoms with van der Waals surface area (Å²) in [5.74, 6) is -0.602. The summed E-state index contributed by atoms with van der Waals surface area (Å²) < 4.78 is 45.8. The molecule has 0 heterocycles. The average molecular weight is 332 g/mol. The number of carbonyl (C=O) groups excluding carboxylic acids is 1. The smallest absolute Gasteiger partial charge is 0.404 e. The van der Waals surface area contributed by atoms with Crippen molar-refractivity contribution in [3.8, 4) is 0 Å². The molecule has 0 aromatic heterocycles. The molecule has 0 aromatic carbocycles. The van der Waals surface area contributed by atoms with Crippen LogP contribution in [0.15, 0.2) is 0 Å². The predicted octanol–water partition coefficient (Wildman–Crippen LogP) is 5.26. The van der Waals surface area contributed by atoms with E-state index in [-0.39, 0.29) is 17.3 Å². The molecule has 2 nitrogen and oxygen atoms in total. The van der Waals surface area contributed by atoms with E-state index >= 15 is 0 Å². The third-order valence-electron chi connectivity index (χ3n) is 6.67. The highest BCUT2D eigenvalue weighted by Gasteiger charge is 2.64.